The Morgan fingerprint density at radius 2 is 1.93 bits per heavy atom. The van der Waals surface area contributed by atoms with Crippen molar-refractivity contribution in [2.24, 2.45) is 0 Å². The van der Waals surface area contributed by atoms with Gasteiger partial charge in [0, 0.05) is 32.6 Å². The van der Waals surface area contributed by atoms with Gasteiger partial charge in [-0.25, -0.2) is 4.98 Å². The lowest BCUT2D eigenvalue weighted by molar-refractivity contribution is -0.130. The van der Waals surface area contributed by atoms with Gasteiger partial charge < -0.3 is 15.1 Å². The summed E-state index contributed by atoms with van der Waals surface area (Å²) in [5.41, 5.74) is 1.04. The number of nitrogens with one attached hydrogen (secondary N) is 1. The molecule has 1 fully saturated rings. The highest BCUT2D eigenvalue weighted by molar-refractivity contribution is 6.34. The molecule has 142 valence electrons. The molecular weight excluding hydrogens is 364 g/mol. The molecule has 0 radical (unpaired) electrons. The average Bonchev–Trinajstić information content (AvgIpc) is 2.94. The van der Waals surface area contributed by atoms with Crippen LogP contribution < -0.4 is 10.2 Å². The first-order valence-electron chi connectivity index (χ1n) is 9.13. The number of carbonyl (C=O) groups excluding carboxylic acids is 2. The van der Waals surface area contributed by atoms with E-state index in [1.165, 1.54) is 0 Å². The summed E-state index contributed by atoms with van der Waals surface area (Å²) in [5, 5.41) is 3.23. The standard InChI is InChI=1S/C20H23ClN4O2/c1-2-19(26)25-11-5-10-24(12-13-25)18-9-8-15(14-22-18)23-20(27)16-6-3-4-7-17(16)21/h3-4,6-9,14H,2,5,10-13H2,1H3,(H,23,27). The molecule has 2 amide bonds. The van der Waals surface area contributed by atoms with Crippen molar-refractivity contribution in [3.63, 3.8) is 0 Å². The van der Waals surface area contributed by atoms with Crippen LogP contribution in [0.2, 0.25) is 5.02 Å². The summed E-state index contributed by atoms with van der Waals surface area (Å²) >= 11 is 6.06. The number of carbonyl (C=O) groups is 2. The van der Waals surface area contributed by atoms with Gasteiger partial charge in [-0.1, -0.05) is 30.7 Å². The van der Waals surface area contributed by atoms with Gasteiger partial charge in [-0.15, -0.1) is 0 Å². The number of aromatic nitrogens is 1. The number of halogens is 1. The maximum Gasteiger partial charge on any atom is 0.257 e. The molecule has 1 aliphatic heterocycles. The molecule has 27 heavy (non-hydrogen) atoms. The average molecular weight is 387 g/mol. The predicted molar refractivity (Wildman–Crippen MR) is 107 cm³/mol. The minimum absolute atomic E-state index is 0.197. The Balaban J connectivity index is 1.63. The summed E-state index contributed by atoms with van der Waals surface area (Å²) in [7, 11) is 0. The van der Waals surface area contributed by atoms with Crippen molar-refractivity contribution >= 4 is 34.9 Å². The van der Waals surface area contributed by atoms with E-state index in [1.54, 1.807) is 30.5 Å². The Kier molecular flexibility index (Phi) is 6.29. The van der Waals surface area contributed by atoms with Crippen LogP contribution in [0.15, 0.2) is 42.6 Å². The fourth-order valence-corrected chi connectivity index (χ4v) is 3.33. The number of hydrogen-bond donors (Lipinski definition) is 1. The summed E-state index contributed by atoms with van der Waals surface area (Å²) < 4.78 is 0. The van der Waals surface area contributed by atoms with Crippen molar-refractivity contribution in [3.8, 4) is 0 Å². The first kappa shape index (κ1) is 19.2. The Morgan fingerprint density at radius 1 is 1.11 bits per heavy atom. The zero-order valence-corrected chi connectivity index (χ0v) is 16.1. The number of hydrogen-bond acceptors (Lipinski definition) is 4. The van der Waals surface area contributed by atoms with E-state index in [1.807, 2.05) is 24.0 Å². The highest BCUT2D eigenvalue weighted by atomic mass is 35.5. The number of anilines is 2. The Morgan fingerprint density at radius 3 is 2.63 bits per heavy atom. The van der Waals surface area contributed by atoms with E-state index in [0.29, 0.717) is 29.2 Å². The fourth-order valence-electron chi connectivity index (χ4n) is 3.11. The molecule has 0 aliphatic carbocycles. The van der Waals surface area contributed by atoms with Crippen molar-refractivity contribution in [3.05, 3.63) is 53.2 Å². The number of benzene rings is 1. The summed E-state index contributed by atoms with van der Waals surface area (Å²) in [6.07, 6.45) is 3.10. The lowest BCUT2D eigenvalue weighted by Gasteiger charge is -2.22. The van der Waals surface area contributed by atoms with Crippen LogP contribution in [-0.4, -0.2) is 47.9 Å². The molecule has 6 nitrogen and oxygen atoms in total. The van der Waals surface area contributed by atoms with Gasteiger partial charge in [0.15, 0.2) is 0 Å². The number of nitrogens with zero attached hydrogens (tertiary/aromatic N) is 3. The fraction of sp³-hybridized carbons (Fsp3) is 0.350. The summed E-state index contributed by atoms with van der Waals surface area (Å²) in [6, 6.07) is 10.6. The molecule has 3 rings (SSSR count). The molecule has 2 aromatic rings. The highest BCUT2D eigenvalue weighted by Crippen LogP contribution is 2.19. The monoisotopic (exact) mass is 386 g/mol. The van der Waals surface area contributed by atoms with Crippen LogP contribution in [0.4, 0.5) is 11.5 Å². The van der Waals surface area contributed by atoms with Crippen LogP contribution in [0, 0.1) is 0 Å². The van der Waals surface area contributed by atoms with Crippen LogP contribution in [0.1, 0.15) is 30.1 Å². The molecular formula is C20H23ClN4O2. The van der Waals surface area contributed by atoms with Gasteiger partial charge in [0.2, 0.25) is 5.91 Å². The lowest BCUT2D eigenvalue weighted by Crippen LogP contribution is -2.34. The van der Waals surface area contributed by atoms with Crippen LogP contribution >= 0.6 is 11.6 Å². The highest BCUT2D eigenvalue weighted by Gasteiger charge is 2.19. The van der Waals surface area contributed by atoms with Crippen molar-refractivity contribution < 1.29 is 9.59 Å². The van der Waals surface area contributed by atoms with E-state index < -0.39 is 0 Å². The Hall–Kier alpha value is -2.60. The molecule has 2 heterocycles. The second kappa shape index (κ2) is 8.86. The molecule has 0 atom stereocenters. The Labute approximate surface area is 164 Å². The molecule has 0 unspecified atom stereocenters. The van der Waals surface area contributed by atoms with Crippen LogP contribution in [0.25, 0.3) is 0 Å². The number of amides is 2. The van der Waals surface area contributed by atoms with E-state index in [4.69, 9.17) is 11.6 Å². The van der Waals surface area contributed by atoms with Crippen molar-refractivity contribution in [2.75, 3.05) is 36.4 Å². The lowest BCUT2D eigenvalue weighted by atomic mass is 10.2. The topological polar surface area (TPSA) is 65.5 Å². The van der Waals surface area contributed by atoms with Gasteiger partial charge in [-0.05, 0) is 30.7 Å². The zero-order valence-electron chi connectivity index (χ0n) is 15.3. The normalized spacial score (nSPS) is 14.6. The maximum atomic E-state index is 12.3. The van der Waals surface area contributed by atoms with E-state index in [2.05, 4.69) is 15.2 Å². The largest absolute Gasteiger partial charge is 0.355 e. The van der Waals surface area contributed by atoms with Gasteiger partial charge in [0.1, 0.15) is 5.82 Å². The minimum atomic E-state index is -0.265. The zero-order chi connectivity index (χ0) is 19.2. The Bertz CT molecular complexity index is 810. The van der Waals surface area contributed by atoms with Crippen molar-refractivity contribution in [1.29, 1.82) is 0 Å². The number of pyridine rings is 1. The molecule has 1 N–H and O–H groups in total. The SMILES string of the molecule is CCC(=O)N1CCCN(c2ccc(NC(=O)c3ccccc3Cl)cn2)CC1. The van der Waals surface area contributed by atoms with E-state index >= 15 is 0 Å². The van der Waals surface area contributed by atoms with E-state index in [0.717, 1.165) is 31.9 Å². The molecule has 1 aromatic carbocycles. The second-order valence-corrected chi connectivity index (χ2v) is 6.82. The van der Waals surface area contributed by atoms with Crippen LogP contribution in [0.5, 0.6) is 0 Å². The van der Waals surface area contributed by atoms with Gasteiger partial charge >= 0.3 is 0 Å². The molecule has 7 heteroatoms. The summed E-state index contributed by atoms with van der Waals surface area (Å²) in [4.78, 5) is 32.8. The molecule has 1 aliphatic rings. The van der Waals surface area contributed by atoms with E-state index in [9.17, 15) is 9.59 Å². The third-order valence-corrected chi connectivity index (χ3v) is 4.93. The summed E-state index contributed by atoms with van der Waals surface area (Å²) in [6.45, 7) is 4.99. The van der Waals surface area contributed by atoms with Gasteiger partial charge in [-0.2, -0.15) is 0 Å². The second-order valence-electron chi connectivity index (χ2n) is 6.41. The molecule has 0 bridgehead atoms. The van der Waals surface area contributed by atoms with Gasteiger partial charge in [-0.3, -0.25) is 9.59 Å². The predicted octanol–water partition coefficient (Wildman–Crippen LogP) is 3.44. The van der Waals surface area contributed by atoms with Gasteiger partial charge in [0.25, 0.3) is 5.91 Å². The third-order valence-electron chi connectivity index (χ3n) is 4.60. The number of rotatable bonds is 4. The minimum Gasteiger partial charge on any atom is -0.355 e. The van der Waals surface area contributed by atoms with Gasteiger partial charge in [0.05, 0.1) is 22.5 Å². The first-order valence-corrected chi connectivity index (χ1v) is 9.51. The van der Waals surface area contributed by atoms with Crippen LogP contribution in [-0.2, 0) is 4.79 Å². The smallest absolute Gasteiger partial charge is 0.257 e. The van der Waals surface area contributed by atoms with Crippen molar-refractivity contribution in [2.45, 2.75) is 19.8 Å². The summed E-state index contributed by atoms with van der Waals surface area (Å²) in [5.74, 6) is 0.776. The third kappa shape index (κ3) is 4.77. The van der Waals surface area contributed by atoms with E-state index in [-0.39, 0.29) is 11.8 Å². The van der Waals surface area contributed by atoms with Crippen molar-refractivity contribution in [1.82, 2.24) is 9.88 Å². The molecule has 0 spiro atoms. The molecule has 0 saturated carbocycles. The first-order chi connectivity index (χ1) is 13.1. The molecule has 1 saturated heterocycles. The van der Waals surface area contributed by atoms with Crippen LogP contribution in [0.3, 0.4) is 0 Å². The maximum absolute atomic E-state index is 12.3. The quantitative estimate of drug-likeness (QED) is 0.874. The molecule has 1 aromatic heterocycles.